The summed E-state index contributed by atoms with van der Waals surface area (Å²) in [6.45, 7) is 7.59. The van der Waals surface area contributed by atoms with E-state index in [1.165, 1.54) is 23.4 Å². The van der Waals surface area contributed by atoms with E-state index in [9.17, 15) is 4.79 Å². The van der Waals surface area contributed by atoms with Crippen molar-refractivity contribution in [2.24, 2.45) is 7.05 Å². The van der Waals surface area contributed by atoms with Gasteiger partial charge in [0.25, 0.3) is 5.69 Å². The Morgan fingerprint density at radius 1 is 0.607 bits per heavy atom. The van der Waals surface area contributed by atoms with Gasteiger partial charge >= 0.3 is 5.97 Å². The first-order chi connectivity index (χ1) is 27.3. The van der Waals surface area contributed by atoms with E-state index >= 15 is 0 Å². The predicted molar refractivity (Wildman–Crippen MR) is 225 cm³/mol. The highest BCUT2D eigenvalue weighted by Gasteiger charge is 2.33. The van der Waals surface area contributed by atoms with Gasteiger partial charge in [0.2, 0.25) is 17.1 Å². The number of aromatic nitrogens is 3. The maximum atomic E-state index is 14.2. The number of hydrogen-bond donors (Lipinski definition) is 0. The minimum atomic E-state index is -0.392. The van der Waals surface area contributed by atoms with Gasteiger partial charge in [-0.2, -0.15) is 9.13 Å². The van der Waals surface area contributed by atoms with Gasteiger partial charge in [0, 0.05) is 41.5 Å². The van der Waals surface area contributed by atoms with Crippen LogP contribution in [0.5, 0.6) is 0 Å². The van der Waals surface area contributed by atoms with Crippen LogP contribution in [0.4, 0.5) is 0 Å². The van der Waals surface area contributed by atoms with Gasteiger partial charge in [-0.1, -0.05) is 96.6 Å². The number of benzene rings is 5. The average molecular weight is 733 g/mol. The van der Waals surface area contributed by atoms with Gasteiger partial charge in [-0.25, -0.2) is 9.36 Å². The van der Waals surface area contributed by atoms with E-state index in [0.717, 1.165) is 73.7 Å². The van der Waals surface area contributed by atoms with Crippen LogP contribution in [0.15, 0.2) is 164 Å². The van der Waals surface area contributed by atoms with E-state index in [2.05, 4.69) is 200 Å². The molecule has 0 aliphatic heterocycles. The normalized spacial score (nSPS) is 11.2. The van der Waals surface area contributed by atoms with Crippen LogP contribution in [0, 0.1) is 13.8 Å². The number of carbonyl (C=O) groups is 1. The number of esters is 1. The fourth-order valence-electron chi connectivity index (χ4n) is 7.92. The number of rotatable bonds is 9. The first-order valence-corrected chi connectivity index (χ1v) is 19.2. The maximum Gasteiger partial charge on any atom is 0.403 e. The monoisotopic (exact) mass is 732 g/mol. The number of pyridine rings is 3. The molecule has 3 aromatic heterocycles. The first-order valence-electron chi connectivity index (χ1n) is 19.2. The third kappa shape index (κ3) is 6.88. The van der Waals surface area contributed by atoms with Crippen molar-refractivity contribution in [2.75, 3.05) is 7.11 Å². The van der Waals surface area contributed by atoms with Crippen LogP contribution in [0.1, 0.15) is 34.1 Å². The molecule has 0 spiro atoms. The zero-order chi connectivity index (χ0) is 38.8. The molecule has 5 aromatic carbocycles. The molecule has 0 amide bonds. The number of hydrogen-bond acceptors (Lipinski definition) is 2. The SMILES string of the molecule is CC[n+]1ccc2ccccc2c1-c1cc(-c2ccccc2)cc(-c2cccc[n+]2C)c1C[n+]1c(C(=O)OC)cc(-c2ccc(C)cc2)cc1-c1ccccc1C. The Kier molecular flexibility index (Phi) is 10.1. The van der Waals surface area contributed by atoms with Crippen molar-refractivity contribution in [2.45, 2.75) is 33.9 Å². The number of carbonyl (C=O) groups excluding carboxylic acids is 1. The topological polar surface area (TPSA) is 37.9 Å². The summed E-state index contributed by atoms with van der Waals surface area (Å²) in [5.41, 5.74) is 14.5. The van der Waals surface area contributed by atoms with E-state index in [4.69, 9.17) is 4.74 Å². The molecule has 0 bridgehead atoms. The molecule has 0 unspecified atom stereocenters. The van der Waals surface area contributed by atoms with Crippen molar-refractivity contribution >= 4 is 16.7 Å². The Labute approximate surface area is 329 Å². The van der Waals surface area contributed by atoms with Gasteiger partial charge in [0.1, 0.15) is 13.6 Å². The van der Waals surface area contributed by atoms with Crippen molar-refractivity contribution in [3.05, 3.63) is 186 Å². The second-order valence-electron chi connectivity index (χ2n) is 14.4. The summed E-state index contributed by atoms with van der Waals surface area (Å²) >= 11 is 0. The molecular weight excluding hydrogens is 687 g/mol. The minimum Gasteiger partial charge on any atom is -0.461 e. The summed E-state index contributed by atoms with van der Waals surface area (Å²) in [4.78, 5) is 14.2. The molecule has 5 nitrogen and oxygen atoms in total. The molecule has 274 valence electrons. The number of fused-ring (bicyclic) bond motifs is 1. The van der Waals surface area contributed by atoms with E-state index in [0.29, 0.717) is 12.2 Å². The highest BCUT2D eigenvalue weighted by molar-refractivity contribution is 5.96. The molecule has 8 aromatic rings. The quantitative estimate of drug-likeness (QED) is 0.110. The van der Waals surface area contributed by atoms with Crippen molar-refractivity contribution in [3.8, 4) is 56.0 Å². The van der Waals surface area contributed by atoms with Gasteiger partial charge in [0.15, 0.2) is 18.9 Å². The molecule has 0 saturated heterocycles. The maximum absolute atomic E-state index is 14.2. The van der Waals surface area contributed by atoms with Crippen LogP contribution >= 0.6 is 0 Å². The van der Waals surface area contributed by atoms with Gasteiger partial charge in [-0.05, 0) is 84.3 Å². The van der Waals surface area contributed by atoms with Crippen molar-refractivity contribution in [3.63, 3.8) is 0 Å². The smallest absolute Gasteiger partial charge is 0.403 e. The third-order valence-electron chi connectivity index (χ3n) is 10.9. The summed E-state index contributed by atoms with van der Waals surface area (Å²) in [6.07, 6.45) is 4.29. The van der Waals surface area contributed by atoms with Gasteiger partial charge in [-0.3, -0.25) is 0 Å². The molecule has 3 heterocycles. The highest BCUT2D eigenvalue weighted by Crippen LogP contribution is 2.39. The number of nitrogens with zero attached hydrogens (tertiary/aromatic N) is 3. The molecule has 0 aliphatic carbocycles. The summed E-state index contributed by atoms with van der Waals surface area (Å²) < 4.78 is 12.3. The Hall–Kier alpha value is -6.72. The molecule has 0 N–H and O–H groups in total. The molecule has 8 rings (SSSR count). The molecule has 56 heavy (non-hydrogen) atoms. The molecule has 0 saturated carbocycles. The van der Waals surface area contributed by atoms with Crippen LogP contribution in [0.3, 0.4) is 0 Å². The molecule has 5 heteroatoms. The molecule has 0 radical (unpaired) electrons. The Morgan fingerprint density at radius 2 is 1.29 bits per heavy atom. The Balaban J connectivity index is 1.52. The van der Waals surface area contributed by atoms with E-state index in [1.54, 1.807) is 0 Å². The third-order valence-corrected chi connectivity index (χ3v) is 10.9. The fraction of sp³-hybridized carbons (Fsp3) is 0.137. The standard InChI is InChI=1S/C51H46N3O2/c1-6-53-29-27-39-19-11-13-21-43(39)50(53)45-31-40(37-17-8-7-9-18-37)30-44(47-22-14-15-28-52(47)4)46(45)34-54-48(42-20-12-10-16-36(42)3)32-41(33-49(54)51(55)56-5)38-25-23-35(2)24-26-38/h7-33H,6,34H2,1-5H3/q+3. The zero-order valence-corrected chi connectivity index (χ0v) is 32.7. The number of aryl methyl sites for hydroxylation is 4. The van der Waals surface area contributed by atoms with Crippen molar-refractivity contribution in [1.82, 2.24) is 0 Å². The molecule has 0 fully saturated rings. The second-order valence-corrected chi connectivity index (χ2v) is 14.4. The van der Waals surface area contributed by atoms with E-state index in [-0.39, 0.29) is 0 Å². The molecular formula is C51H46N3O2+3. The molecule has 0 atom stereocenters. The fourth-order valence-corrected chi connectivity index (χ4v) is 7.92. The zero-order valence-electron chi connectivity index (χ0n) is 32.7. The number of methoxy groups -OCH3 is 1. The summed E-state index contributed by atoms with van der Waals surface area (Å²) in [5, 5.41) is 2.33. The second kappa shape index (κ2) is 15.6. The predicted octanol–water partition coefficient (Wildman–Crippen LogP) is 10.0. The number of ether oxygens (including phenoxy) is 1. The van der Waals surface area contributed by atoms with Crippen LogP contribution in [-0.4, -0.2) is 13.1 Å². The average Bonchev–Trinajstić information content (AvgIpc) is 3.24. The van der Waals surface area contributed by atoms with Gasteiger partial charge in [-0.15, -0.1) is 0 Å². The Morgan fingerprint density at radius 3 is 2.04 bits per heavy atom. The van der Waals surface area contributed by atoms with E-state index < -0.39 is 5.97 Å². The van der Waals surface area contributed by atoms with Crippen LogP contribution in [-0.2, 0) is 24.9 Å². The lowest BCUT2D eigenvalue weighted by molar-refractivity contribution is -0.683. The lowest BCUT2D eigenvalue weighted by Gasteiger charge is -2.18. The Bertz CT molecular complexity index is 2740. The van der Waals surface area contributed by atoms with E-state index in [1.807, 2.05) is 6.07 Å². The van der Waals surface area contributed by atoms with Gasteiger partial charge in [0.05, 0.1) is 23.6 Å². The summed E-state index contributed by atoms with van der Waals surface area (Å²) in [6, 6.07) is 53.5. The molecule has 0 aliphatic rings. The van der Waals surface area contributed by atoms with Crippen molar-refractivity contribution in [1.29, 1.82) is 0 Å². The summed E-state index contributed by atoms with van der Waals surface area (Å²) in [7, 11) is 3.56. The van der Waals surface area contributed by atoms with Crippen LogP contribution < -0.4 is 13.7 Å². The van der Waals surface area contributed by atoms with Crippen LogP contribution in [0.25, 0.3) is 66.8 Å². The summed E-state index contributed by atoms with van der Waals surface area (Å²) in [5.74, 6) is -0.392. The lowest BCUT2D eigenvalue weighted by atomic mass is 9.88. The highest BCUT2D eigenvalue weighted by atomic mass is 16.5. The van der Waals surface area contributed by atoms with Crippen LogP contribution in [0.2, 0.25) is 0 Å². The minimum absolute atomic E-state index is 0.392. The van der Waals surface area contributed by atoms with Gasteiger partial charge < -0.3 is 4.74 Å². The van der Waals surface area contributed by atoms with Crippen molar-refractivity contribution < 1.29 is 23.2 Å². The first kappa shape index (κ1) is 36.3. The lowest BCUT2D eigenvalue weighted by Crippen LogP contribution is -2.45. The largest absolute Gasteiger partial charge is 0.461 e.